The van der Waals surface area contributed by atoms with Crippen LogP contribution in [0.15, 0.2) is 17.1 Å². The quantitative estimate of drug-likeness (QED) is 0.512. The maximum absolute atomic E-state index is 5.56. The lowest BCUT2D eigenvalue weighted by molar-refractivity contribution is 0.0186. The molecule has 2 N–H and O–H groups in total. The zero-order valence-corrected chi connectivity index (χ0v) is 18.4. The number of aryl methyl sites for hydroxylation is 1. The van der Waals surface area contributed by atoms with Gasteiger partial charge >= 0.3 is 0 Å². The molecule has 0 radical (unpaired) electrons. The predicted octanol–water partition coefficient (Wildman–Crippen LogP) is 2.47. The van der Waals surface area contributed by atoms with Gasteiger partial charge in [-0.3, -0.25) is 9.89 Å². The van der Waals surface area contributed by atoms with E-state index in [0.717, 1.165) is 58.4 Å². The number of nitrogens with one attached hydrogen (secondary N) is 2. The Balaban J connectivity index is 1.58. The van der Waals surface area contributed by atoms with Crippen molar-refractivity contribution < 1.29 is 4.74 Å². The molecule has 2 aliphatic heterocycles. The van der Waals surface area contributed by atoms with Crippen molar-refractivity contribution in [2.24, 2.45) is 4.99 Å². The molecular formula is C21H37N5OS. The van der Waals surface area contributed by atoms with Crippen molar-refractivity contribution in [1.82, 2.24) is 20.4 Å². The van der Waals surface area contributed by atoms with Crippen LogP contribution in [0.4, 0.5) is 0 Å². The van der Waals surface area contributed by atoms with E-state index < -0.39 is 0 Å². The number of morpholine rings is 1. The van der Waals surface area contributed by atoms with Crippen molar-refractivity contribution in [1.29, 1.82) is 0 Å². The van der Waals surface area contributed by atoms with E-state index in [1.54, 1.807) is 0 Å². The summed E-state index contributed by atoms with van der Waals surface area (Å²) in [7, 11) is 0. The third-order valence-corrected chi connectivity index (χ3v) is 6.61. The first-order valence-corrected chi connectivity index (χ1v) is 11.7. The molecular weight excluding hydrogens is 370 g/mol. The Morgan fingerprint density at radius 3 is 2.61 bits per heavy atom. The number of aliphatic imine (C=N–C) groups is 1. The fourth-order valence-electron chi connectivity index (χ4n) is 3.94. The van der Waals surface area contributed by atoms with Crippen LogP contribution in [0.1, 0.15) is 42.0 Å². The summed E-state index contributed by atoms with van der Waals surface area (Å²) >= 11 is 1.89. The number of hydrogen-bond acceptors (Lipinski definition) is 5. The van der Waals surface area contributed by atoms with Crippen LogP contribution >= 0.6 is 11.3 Å². The van der Waals surface area contributed by atoms with Crippen molar-refractivity contribution in [2.75, 3.05) is 65.6 Å². The van der Waals surface area contributed by atoms with Crippen LogP contribution in [-0.2, 0) is 4.74 Å². The molecule has 0 amide bonds. The van der Waals surface area contributed by atoms with E-state index in [2.05, 4.69) is 46.4 Å². The van der Waals surface area contributed by atoms with Crippen molar-refractivity contribution in [3.05, 3.63) is 21.9 Å². The van der Waals surface area contributed by atoms with E-state index in [1.165, 1.54) is 42.1 Å². The highest BCUT2D eigenvalue weighted by molar-refractivity contribution is 7.12. The Kier molecular flexibility index (Phi) is 9.05. The topological polar surface area (TPSA) is 52.1 Å². The Hall–Kier alpha value is -1.15. The maximum Gasteiger partial charge on any atom is 0.191 e. The van der Waals surface area contributed by atoms with Crippen LogP contribution in [0, 0.1) is 6.92 Å². The van der Waals surface area contributed by atoms with Gasteiger partial charge in [0.25, 0.3) is 0 Å². The van der Waals surface area contributed by atoms with Gasteiger partial charge in [0.1, 0.15) is 0 Å². The van der Waals surface area contributed by atoms with Gasteiger partial charge in [-0.2, -0.15) is 0 Å². The Morgan fingerprint density at radius 1 is 1.14 bits per heavy atom. The molecule has 0 aromatic carbocycles. The van der Waals surface area contributed by atoms with Gasteiger partial charge in [-0.05, 0) is 51.9 Å². The van der Waals surface area contributed by atoms with Gasteiger partial charge in [-0.15, -0.1) is 11.3 Å². The monoisotopic (exact) mass is 407 g/mol. The fraction of sp³-hybridized carbons (Fsp3) is 0.762. The van der Waals surface area contributed by atoms with Crippen molar-refractivity contribution in [3.63, 3.8) is 0 Å². The molecule has 0 spiro atoms. The lowest BCUT2D eigenvalue weighted by atomic mass is 10.1. The molecule has 7 heteroatoms. The van der Waals surface area contributed by atoms with Gasteiger partial charge in [-0.1, -0.05) is 6.42 Å². The number of ether oxygens (including phenoxy) is 1. The first kappa shape index (κ1) is 21.6. The summed E-state index contributed by atoms with van der Waals surface area (Å²) in [6, 6.07) is 4.83. The van der Waals surface area contributed by atoms with Gasteiger partial charge in [0.15, 0.2) is 5.96 Å². The highest BCUT2D eigenvalue weighted by atomic mass is 32.1. The number of rotatable bonds is 8. The minimum atomic E-state index is 0.333. The van der Waals surface area contributed by atoms with Gasteiger partial charge in [-0.25, -0.2) is 0 Å². The first-order chi connectivity index (χ1) is 13.8. The lowest BCUT2D eigenvalue weighted by Crippen LogP contribution is -2.44. The molecule has 158 valence electrons. The van der Waals surface area contributed by atoms with Crippen LogP contribution < -0.4 is 10.6 Å². The highest BCUT2D eigenvalue weighted by Crippen LogP contribution is 2.28. The molecule has 2 aliphatic rings. The van der Waals surface area contributed by atoms with Gasteiger partial charge < -0.3 is 20.3 Å². The molecule has 0 bridgehead atoms. The molecule has 0 saturated carbocycles. The summed E-state index contributed by atoms with van der Waals surface area (Å²) in [5.74, 6) is 0.936. The average molecular weight is 408 g/mol. The summed E-state index contributed by atoms with van der Waals surface area (Å²) in [5, 5.41) is 6.96. The van der Waals surface area contributed by atoms with E-state index in [4.69, 9.17) is 9.73 Å². The molecule has 1 aromatic heterocycles. The number of nitrogens with zero attached hydrogens (tertiary/aromatic N) is 3. The van der Waals surface area contributed by atoms with E-state index in [9.17, 15) is 0 Å². The summed E-state index contributed by atoms with van der Waals surface area (Å²) in [5.41, 5.74) is 0. The summed E-state index contributed by atoms with van der Waals surface area (Å²) in [4.78, 5) is 12.8. The Labute approximate surface area is 174 Å². The Bertz CT molecular complexity index is 593. The highest BCUT2D eigenvalue weighted by Gasteiger charge is 2.23. The van der Waals surface area contributed by atoms with Crippen LogP contribution in [0.25, 0.3) is 0 Å². The number of guanidine groups is 1. The van der Waals surface area contributed by atoms with Gasteiger partial charge in [0, 0.05) is 42.5 Å². The molecule has 28 heavy (non-hydrogen) atoms. The minimum absolute atomic E-state index is 0.333. The normalized spacial score (nSPS) is 20.9. The molecule has 0 aliphatic carbocycles. The number of thiophene rings is 1. The second kappa shape index (κ2) is 11.8. The number of likely N-dealkylation sites (tertiary alicyclic amines) is 1. The second-order valence-corrected chi connectivity index (χ2v) is 8.98. The third kappa shape index (κ3) is 6.72. The molecule has 1 atom stereocenters. The van der Waals surface area contributed by atoms with Crippen LogP contribution in [-0.4, -0.2) is 81.3 Å². The van der Waals surface area contributed by atoms with E-state index >= 15 is 0 Å². The molecule has 1 aromatic rings. The Morgan fingerprint density at radius 2 is 1.93 bits per heavy atom. The number of hydrogen-bond donors (Lipinski definition) is 2. The summed E-state index contributed by atoms with van der Waals surface area (Å²) < 4.78 is 5.56. The molecule has 6 nitrogen and oxygen atoms in total. The van der Waals surface area contributed by atoms with Crippen LogP contribution in [0.2, 0.25) is 0 Å². The van der Waals surface area contributed by atoms with Crippen molar-refractivity contribution in [3.8, 4) is 0 Å². The van der Waals surface area contributed by atoms with E-state index in [0.29, 0.717) is 6.04 Å². The standard InChI is InChI=1S/C21H37N5OS/c1-3-22-21(23-9-12-25-10-5-4-6-11-25)24-17-19(20-8-7-18(2)28-20)26-13-15-27-16-14-26/h7-8,19H,3-6,9-17H2,1-2H3,(H2,22,23,24). The van der Waals surface area contributed by atoms with Gasteiger partial charge in [0.2, 0.25) is 0 Å². The molecule has 2 saturated heterocycles. The SMILES string of the molecule is CCNC(=NCC(c1ccc(C)s1)N1CCOCC1)NCCN1CCCCC1. The smallest absolute Gasteiger partial charge is 0.191 e. The third-order valence-electron chi connectivity index (χ3n) is 5.51. The zero-order chi connectivity index (χ0) is 19.6. The van der Waals surface area contributed by atoms with Crippen LogP contribution in [0.5, 0.6) is 0 Å². The lowest BCUT2D eigenvalue weighted by Gasteiger charge is -2.33. The predicted molar refractivity (Wildman–Crippen MR) is 118 cm³/mol. The van der Waals surface area contributed by atoms with E-state index in [-0.39, 0.29) is 0 Å². The summed E-state index contributed by atoms with van der Waals surface area (Å²) in [6.07, 6.45) is 4.07. The molecule has 1 unspecified atom stereocenters. The first-order valence-electron chi connectivity index (χ1n) is 10.9. The maximum atomic E-state index is 5.56. The van der Waals surface area contributed by atoms with E-state index in [1.807, 2.05) is 11.3 Å². The second-order valence-electron chi connectivity index (χ2n) is 7.66. The minimum Gasteiger partial charge on any atom is -0.379 e. The van der Waals surface area contributed by atoms with Crippen molar-refractivity contribution in [2.45, 2.75) is 39.2 Å². The molecule has 3 rings (SSSR count). The molecule has 2 fully saturated rings. The number of piperidine rings is 1. The zero-order valence-electron chi connectivity index (χ0n) is 17.6. The fourth-order valence-corrected chi connectivity index (χ4v) is 4.95. The summed E-state index contributed by atoms with van der Waals surface area (Å²) in [6.45, 7) is 14.1. The molecule has 3 heterocycles. The van der Waals surface area contributed by atoms with Gasteiger partial charge in [0.05, 0.1) is 25.8 Å². The van der Waals surface area contributed by atoms with Crippen LogP contribution in [0.3, 0.4) is 0 Å². The van der Waals surface area contributed by atoms with Crippen molar-refractivity contribution >= 4 is 17.3 Å². The average Bonchev–Trinajstić information content (AvgIpc) is 3.16. The largest absolute Gasteiger partial charge is 0.379 e.